The number of fused-ring (bicyclic) bond motifs is 1. The molecule has 6 heteroatoms. The maximum atomic E-state index is 13.1. The lowest BCUT2D eigenvalue weighted by Crippen LogP contribution is -2.42. The van der Waals surface area contributed by atoms with Crippen LogP contribution in [-0.2, 0) is 0 Å². The van der Waals surface area contributed by atoms with Crippen LogP contribution in [0, 0.1) is 17.7 Å². The van der Waals surface area contributed by atoms with E-state index in [1.807, 2.05) is 35.4 Å². The minimum atomic E-state index is -0.583. The van der Waals surface area contributed by atoms with Crippen molar-refractivity contribution >= 4 is 17.7 Å². The maximum Gasteiger partial charge on any atom is 0.255 e. The molecule has 4 rings (SSSR count). The Morgan fingerprint density at radius 1 is 1.11 bits per heavy atom. The van der Waals surface area contributed by atoms with Crippen molar-refractivity contribution in [3.63, 3.8) is 0 Å². The molecule has 1 amide bonds. The highest BCUT2D eigenvalue weighted by molar-refractivity contribution is 7.98. The number of halogens is 1. The molecule has 2 aliphatic rings. The van der Waals surface area contributed by atoms with Crippen molar-refractivity contribution in [3.8, 4) is 5.75 Å². The number of amides is 1. The highest BCUT2D eigenvalue weighted by Gasteiger charge is 2.44. The number of likely N-dealkylation sites (tertiary alicyclic amines) is 1. The SMILES string of the molecule is CSc1ccccc1C(=O)N1C[C@H]2C[C@@H](Oc3ccc(F)cc3)[C@H](O)C[C@H]2C1. The standard InChI is InChI=1S/C22H24FNO3S/c1-28-21-5-3-2-4-18(21)22(26)24-12-14-10-19(25)20(11-15(14)13-24)27-17-8-6-16(23)7-9-17/h2-9,14-15,19-20,25H,10-13H2,1H3/t14-,15+,19+,20+/m0/s1. The third-order valence-electron chi connectivity index (χ3n) is 5.81. The van der Waals surface area contributed by atoms with Crippen LogP contribution in [0.15, 0.2) is 53.4 Å². The molecule has 4 nitrogen and oxygen atoms in total. The Hall–Kier alpha value is -2.05. The van der Waals surface area contributed by atoms with E-state index in [0.29, 0.717) is 37.6 Å². The summed E-state index contributed by atoms with van der Waals surface area (Å²) < 4.78 is 19.0. The highest BCUT2D eigenvalue weighted by Crippen LogP contribution is 2.39. The van der Waals surface area contributed by atoms with E-state index in [1.165, 1.54) is 12.1 Å². The van der Waals surface area contributed by atoms with Crippen LogP contribution >= 0.6 is 11.8 Å². The van der Waals surface area contributed by atoms with Crippen molar-refractivity contribution < 1.29 is 19.0 Å². The number of carbonyl (C=O) groups is 1. The van der Waals surface area contributed by atoms with E-state index in [2.05, 4.69) is 0 Å². The van der Waals surface area contributed by atoms with Gasteiger partial charge in [-0.2, -0.15) is 0 Å². The molecule has 0 spiro atoms. The lowest BCUT2D eigenvalue weighted by atomic mass is 9.78. The zero-order valence-electron chi connectivity index (χ0n) is 15.8. The van der Waals surface area contributed by atoms with E-state index < -0.39 is 6.10 Å². The van der Waals surface area contributed by atoms with Gasteiger partial charge in [0.2, 0.25) is 0 Å². The number of thioether (sulfide) groups is 1. The Bertz CT molecular complexity index is 844. The van der Waals surface area contributed by atoms with Gasteiger partial charge in [0.05, 0.1) is 11.7 Å². The monoisotopic (exact) mass is 401 g/mol. The minimum Gasteiger partial charge on any atom is -0.488 e. The predicted octanol–water partition coefficient (Wildman–Crippen LogP) is 3.84. The normalized spacial score (nSPS) is 26.8. The summed E-state index contributed by atoms with van der Waals surface area (Å²) in [7, 11) is 0. The molecular weight excluding hydrogens is 377 g/mol. The molecule has 2 fully saturated rings. The number of aliphatic hydroxyl groups excluding tert-OH is 1. The third kappa shape index (κ3) is 3.89. The van der Waals surface area contributed by atoms with Gasteiger partial charge in [0, 0.05) is 18.0 Å². The van der Waals surface area contributed by atoms with Crippen molar-refractivity contribution in [2.75, 3.05) is 19.3 Å². The Balaban J connectivity index is 1.44. The van der Waals surface area contributed by atoms with Crippen molar-refractivity contribution in [1.82, 2.24) is 4.90 Å². The van der Waals surface area contributed by atoms with Gasteiger partial charge in [-0.1, -0.05) is 12.1 Å². The van der Waals surface area contributed by atoms with Crippen LogP contribution in [0.3, 0.4) is 0 Å². The molecule has 0 unspecified atom stereocenters. The summed E-state index contributed by atoms with van der Waals surface area (Å²) in [5.74, 6) is 0.897. The fourth-order valence-electron chi connectivity index (χ4n) is 4.36. The van der Waals surface area contributed by atoms with E-state index >= 15 is 0 Å². The summed E-state index contributed by atoms with van der Waals surface area (Å²) in [4.78, 5) is 15.9. The molecule has 2 aromatic rings. The average molecular weight is 402 g/mol. The molecule has 2 aromatic carbocycles. The zero-order valence-corrected chi connectivity index (χ0v) is 16.6. The summed E-state index contributed by atoms with van der Waals surface area (Å²) in [6.07, 6.45) is 2.37. The van der Waals surface area contributed by atoms with Crippen LogP contribution in [0.5, 0.6) is 5.75 Å². The highest BCUT2D eigenvalue weighted by atomic mass is 32.2. The molecule has 1 saturated carbocycles. The lowest BCUT2D eigenvalue weighted by molar-refractivity contribution is -0.0231. The second-order valence-corrected chi connectivity index (χ2v) is 8.43. The number of hydrogen-bond acceptors (Lipinski definition) is 4. The second-order valence-electron chi connectivity index (χ2n) is 7.58. The van der Waals surface area contributed by atoms with Gasteiger partial charge in [0.1, 0.15) is 17.7 Å². The second kappa shape index (κ2) is 8.13. The van der Waals surface area contributed by atoms with Gasteiger partial charge in [-0.25, -0.2) is 4.39 Å². The molecule has 1 saturated heterocycles. The number of nitrogens with zero attached hydrogens (tertiary/aromatic N) is 1. The van der Waals surface area contributed by atoms with Crippen molar-refractivity contribution in [3.05, 3.63) is 59.9 Å². The van der Waals surface area contributed by atoms with E-state index in [4.69, 9.17) is 4.74 Å². The van der Waals surface area contributed by atoms with Crippen LogP contribution in [0.25, 0.3) is 0 Å². The molecule has 0 bridgehead atoms. The first-order chi connectivity index (χ1) is 13.5. The Morgan fingerprint density at radius 2 is 1.79 bits per heavy atom. The number of carbonyl (C=O) groups excluding carboxylic acids is 1. The van der Waals surface area contributed by atoms with E-state index in [1.54, 1.807) is 23.9 Å². The van der Waals surface area contributed by atoms with Gasteiger partial charge in [-0.15, -0.1) is 11.8 Å². The summed E-state index contributed by atoms with van der Waals surface area (Å²) in [5.41, 5.74) is 0.744. The fourth-order valence-corrected chi connectivity index (χ4v) is 4.95. The molecule has 0 radical (unpaired) electrons. The van der Waals surface area contributed by atoms with E-state index in [0.717, 1.165) is 10.5 Å². The van der Waals surface area contributed by atoms with Gasteiger partial charge in [-0.05, 0) is 67.3 Å². The largest absolute Gasteiger partial charge is 0.488 e. The van der Waals surface area contributed by atoms with Crippen LogP contribution in [0.4, 0.5) is 4.39 Å². The Morgan fingerprint density at radius 3 is 2.50 bits per heavy atom. The first kappa shape index (κ1) is 19.3. The predicted molar refractivity (Wildman–Crippen MR) is 107 cm³/mol. The summed E-state index contributed by atoms with van der Waals surface area (Å²) >= 11 is 1.58. The topological polar surface area (TPSA) is 49.8 Å². The molecule has 1 N–H and O–H groups in total. The first-order valence-corrected chi connectivity index (χ1v) is 10.8. The molecule has 28 heavy (non-hydrogen) atoms. The Labute approximate surface area is 168 Å². The Kier molecular flexibility index (Phi) is 5.60. The van der Waals surface area contributed by atoms with Gasteiger partial charge in [0.15, 0.2) is 0 Å². The maximum absolute atomic E-state index is 13.1. The van der Waals surface area contributed by atoms with Crippen LogP contribution in [0.2, 0.25) is 0 Å². The molecule has 4 atom stereocenters. The summed E-state index contributed by atoms with van der Waals surface area (Å²) in [6, 6.07) is 13.6. The molecule has 1 aliphatic heterocycles. The average Bonchev–Trinajstić information content (AvgIpc) is 3.12. The van der Waals surface area contributed by atoms with Crippen molar-refractivity contribution in [2.45, 2.75) is 29.9 Å². The first-order valence-electron chi connectivity index (χ1n) is 9.57. The number of hydrogen-bond donors (Lipinski definition) is 1. The van der Waals surface area contributed by atoms with Gasteiger partial charge in [0.25, 0.3) is 5.91 Å². The molecule has 0 aromatic heterocycles. The van der Waals surface area contributed by atoms with Gasteiger partial charge in [-0.3, -0.25) is 4.79 Å². The molecule has 1 aliphatic carbocycles. The van der Waals surface area contributed by atoms with Crippen LogP contribution in [-0.4, -0.2) is 47.5 Å². The minimum absolute atomic E-state index is 0.0600. The smallest absolute Gasteiger partial charge is 0.255 e. The number of benzene rings is 2. The summed E-state index contributed by atoms with van der Waals surface area (Å²) in [5, 5.41) is 10.6. The van der Waals surface area contributed by atoms with E-state index in [-0.39, 0.29) is 23.7 Å². The molecular formula is C22H24FNO3S. The van der Waals surface area contributed by atoms with Crippen molar-refractivity contribution in [2.24, 2.45) is 11.8 Å². The van der Waals surface area contributed by atoms with Crippen LogP contribution < -0.4 is 4.74 Å². The molecule has 1 heterocycles. The number of ether oxygens (including phenoxy) is 1. The van der Waals surface area contributed by atoms with Gasteiger partial charge < -0.3 is 14.7 Å². The van der Waals surface area contributed by atoms with Crippen molar-refractivity contribution in [1.29, 1.82) is 0 Å². The van der Waals surface area contributed by atoms with Crippen LogP contribution in [0.1, 0.15) is 23.2 Å². The zero-order chi connectivity index (χ0) is 19.7. The van der Waals surface area contributed by atoms with Gasteiger partial charge >= 0.3 is 0 Å². The quantitative estimate of drug-likeness (QED) is 0.791. The summed E-state index contributed by atoms with van der Waals surface area (Å²) in [6.45, 7) is 1.36. The third-order valence-corrected chi connectivity index (χ3v) is 6.61. The number of rotatable bonds is 4. The number of aliphatic hydroxyl groups is 1. The lowest BCUT2D eigenvalue weighted by Gasteiger charge is -2.35. The van der Waals surface area contributed by atoms with E-state index in [9.17, 15) is 14.3 Å². The fraction of sp³-hybridized carbons (Fsp3) is 0.409. The molecule has 148 valence electrons.